The topological polar surface area (TPSA) is 55.0 Å². The number of halogens is 1. The molecule has 2 rings (SSSR count). The maximum Gasteiger partial charge on any atom is 0.265 e. The SMILES string of the molecule is CC(C)Cc1nc(C2CSCCO2)[nH]c(=O)c1Br. The molecule has 1 fully saturated rings. The summed E-state index contributed by atoms with van der Waals surface area (Å²) in [6, 6.07) is 0. The fraction of sp³-hybridized carbons (Fsp3) is 0.667. The maximum atomic E-state index is 11.9. The third-order valence-corrected chi connectivity index (χ3v) is 4.48. The highest BCUT2D eigenvalue weighted by Gasteiger charge is 2.21. The molecule has 2 heterocycles. The fourth-order valence-electron chi connectivity index (χ4n) is 1.84. The van der Waals surface area contributed by atoms with Crippen molar-refractivity contribution in [2.75, 3.05) is 18.1 Å². The van der Waals surface area contributed by atoms with E-state index in [2.05, 4.69) is 39.7 Å². The summed E-state index contributed by atoms with van der Waals surface area (Å²) in [5, 5.41) is 0. The molecule has 100 valence electrons. The quantitative estimate of drug-likeness (QED) is 0.924. The molecule has 0 radical (unpaired) electrons. The minimum absolute atomic E-state index is 0.0875. The zero-order valence-corrected chi connectivity index (χ0v) is 12.9. The van der Waals surface area contributed by atoms with Gasteiger partial charge in [-0.05, 0) is 28.3 Å². The van der Waals surface area contributed by atoms with Crippen LogP contribution in [0.3, 0.4) is 0 Å². The molecule has 0 spiro atoms. The second kappa shape index (κ2) is 6.21. The van der Waals surface area contributed by atoms with Crippen LogP contribution in [-0.2, 0) is 11.2 Å². The first kappa shape index (κ1) is 14.1. The van der Waals surface area contributed by atoms with E-state index in [1.807, 2.05) is 11.8 Å². The van der Waals surface area contributed by atoms with E-state index in [1.165, 1.54) is 0 Å². The Labute approximate surface area is 119 Å². The van der Waals surface area contributed by atoms with Gasteiger partial charge in [0.1, 0.15) is 16.4 Å². The highest BCUT2D eigenvalue weighted by Crippen LogP contribution is 2.25. The van der Waals surface area contributed by atoms with Crippen LogP contribution < -0.4 is 5.56 Å². The minimum Gasteiger partial charge on any atom is -0.369 e. The first-order chi connectivity index (χ1) is 8.58. The Balaban J connectivity index is 2.30. The molecule has 0 saturated carbocycles. The molecule has 1 unspecified atom stereocenters. The number of ether oxygens (including phenoxy) is 1. The van der Waals surface area contributed by atoms with Crippen molar-refractivity contribution in [2.24, 2.45) is 5.92 Å². The number of aromatic nitrogens is 2. The number of hydrogen-bond donors (Lipinski definition) is 1. The summed E-state index contributed by atoms with van der Waals surface area (Å²) >= 11 is 5.14. The van der Waals surface area contributed by atoms with E-state index in [1.54, 1.807) is 0 Å². The lowest BCUT2D eigenvalue weighted by molar-refractivity contribution is 0.0690. The highest BCUT2D eigenvalue weighted by molar-refractivity contribution is 9.10. The Bertz CT molecular complexity index is 470. The van der Waals surface area contributed by atoms with Gasteiger partial charge in [0.2, 0.25) is 0 Å². The van der Waals surface area contributed by atoms with Crippen LogP contribution in [0.4, 0.5) is 0 Å². The van der Waals surface area contributed by atoms with Gasteiger partial charge in [0.05, 0.1) is 12.3 Å². The molecule has 0 aromatic carbocycles. The molecular formula is C12H17BrN2O2S. The number of hydrogen-bond acceptors (Lipinski definition) is 4. The first-order valence-corrected chi connectivity index (χ1v) is 8.00. The normalized spacial score (nSPS) is 20.3. The third-order valence-electron chi connectivity index (χ3n) is 2.67. The van der Waals surface area contributed by atoms with Crippen molar-refractivity contribution in [1.29, 1.82) is 0 Å². The summed E-state index contributed by atoms with van der Waals surface area (Å²) in [5.41, 5.74) is 0.706. The molecule has 1 aromatic rings. The van der Waals surface area contributed by atoms with Crippen LogP contribution in [-0.4, -0.2) is 28.1 Å². The Morgan fingerprint density at radius 3 is 3.00 bits per heavy atom. The summed E-state index contributed by atoms with van der Waals surface area (Å²) in [7, 11) is 0. The third kappa shape index (κ3) is 3.36. The highest BCUT2D eigenvalue weighted by atomic mass is 79.9. The van der Waals surface area contributed by atoms with Gasteiger partial charge in [-0.25, -0.2) is 4.98 Å². The van der Waals surface area contributed by atoms with Crippen LogP contribution in [0, 0.1) is 5.92 Å². The van der Waals surface area contributed by atoms with Crippen molar-refractivity contribution in [1.82, 2.24) is 9.97 Å². The molecule has 1 N–H and O–H groups in total. The van der Waals surface area contributed by atoms with Gasteiger partial charge in [-0.15, -0.1) is 0 Å². The number of rotatable bonds is 3. The second-order valence-electron chi connectivity index (χ2n) is 4.74. The zero-order chi connectivity index (χ0) is 13.1. The molecular weight excluding hydrogens is 316 g/mol. The van der Waals surface area contributed by atoms with Gasteiger partial charge in [-0.1, -0.05) is 13.8 Å². The number of thioether (sulfide) groups is 1. The molecule has 0 bridgehead atoms. The molecule has 1 aromatic heterocycles. The van der Waals surface area contributed by atoms with Crippen molar-refractivity contribution in [3.05, 3.63) is 26.3 Å². The van der Waals surface area contributed by atoms with E-state index in [4.69, 9.17) is 4.74 Å². The van der Waals surface area contributed by atoms with E-state index >= 15 is 0 Å². The number of aromatic amines is 1. The predicted octanol–water partition coefficient (Wildman–Crippen LogP) is 2.54. The molecule has 1 aliphatic heterocycles. The smallest absolute Gasteiger partial charge is 0.265 e. The first-order valence-electron chi connectivity index (χ1n) is 6.06. The van der Waals surface area contributed by atoms with E-state index in [0.717, 1.165) is 23.6 Å². The van der Waals surface area contributed by atoms with Crippen molar-refractivity contribution in [3.8, 4) is 0 Å². The van der Waals surface area contributed by atoms with E-state index < -0.39 is 0 Å². The van der Waals surface area contributed by atoms with Crippen LogP contribution in [0.5, 0.6) is 0 Å². The van der Waals surface area contributed by atoms with Gasteiger partial charge in [-0.3, -0.25) is 4.79 Å². The molecule has 0 amide bonds. The van der Waals surface area contributed by atoms with Crippen molar-refractivity contribution in [2.45, 2.75) is 26.4 Å². The average Bonchev–Trinajstić information content (AvgIpc) is 2.35. The van der Waals surface area contributed by atoms with Gasteiger partial charge >= 0.3 is 0 Å². The minimum atomic E-state index is -0.116. The lowest BCUT2D eigenvalue weighted by Crippen LogP contribution is -2.24. The summed E-state index contributed by atoms with van der Waals surface area (Å²) in [6.45, 7) is 4.94. The summed E-state index contributed by atoms with van der Waals surface area (Å²) in [5.74, 6) is 2.98. The zero-order valence-electron chi connectivity index (χ0n) is 10.5. The summed E-state index contributed by atoms with van der Waals surface area (Å²) in [6.07, 6.45) is 0.702. The monoisotopic (exact) mass is 332 g/mol. The van der Waals surface area contributed by atoms with Gasteiger partial charge in [-0.2, -0.15) is 11.8 Å². The molecule has 1 saturated heterocycles. The van der Waals surface area contributed by atoms with Crippen molar-refractivity contribution < 1.29 is 4.74 Å². The Hall–Kier alpha value is -0.330. The fourth-order valence-corrected chi connectivity index (χ4v) is 3.04. The van der Waals surface area contributed by atoms with Gasteiger partial charge in [0, 0.05) is 11.5 Å². The largest absolute Gasteiger partial charge is 0.369 e. The summed E-state index contributed by atoms with van der Waals surface area (Å²) in [4.78, 5) is 19.2. The van der Waals surface area contributed by atoms with Gasteiger partial charge < -0.3 is 9.72 Å². The number of H-pyrrole nitrogens is 1. The van der Waals surface area contributed by atoms with E-state index in [-0.39, 0.29) is 11.7 Å². The standard InChI is InChI=1S/C12H17BrN2O2S/c1-7(2)5-8-10(13)12(16)15-11(14-8)9-6-18-4-3-17-9/h7,9H,3-6H2,1-2H3,(H,14,15,16). The van der Waals surface area contributed by atoms with Crippen molar-refractivity contribution >= 4 is 27.7 Å². The lowest BCUT2D eigenvalue weighted by Gasteiger charge is -2.22. The van der Waals surface area contributed by atoms with Crippen LogP contribution >= 0.6 is 27.7 Å². The molecule has 0 aliphatic carbocycles. The van der Waals surface area contributed by atoms with Crippen molar-refractivity contribution in [3.63, 3.8) is 0 Å². The molecule has 1 atom stereocenters. The van der Waals surface area contributed by atoms with Crippen LogP contribution in [0.2, 0.25) is 0 Å². The molecule has 6 heteroatoms. The van der Waals surface area contributed by atoms with E-state index in [0.29, 0.717) is 22.8 Å². The Kier molecular flexibility index (Phi) is 4.86. The van der Waals surface area contributed by atoms with Crippen LogP contribution in [0.25, 0.3) is 0 Å². The summed E-state index contributed by atoms with van der Waals surface area (Å²) < 4.78 is 6.19. The maximum absolute atomic E-state index is 11.9. The van der Waals surface area contributed by atoms with Crippen LogP contribution in [0.15, 0.2) is 9.27 Å². The number of nitrogens with one attached hydrogen (secondary N) is 1. The number of nitrogens with zero attached hydrogens (tertiary/aromatic N) is 1. The van der Waals surface area contributed by atoms with Gasteiger partial charge in [0.25, 0.3) is 5.56 Å². The lowest BCUT2D eigenvalue weighted by atomic mass is 10.1. The predicted molar refractivity (Wildman–Crippen MR) is 77.1 cm³/mol. The van der Waals surface area contributed by atoms with Crippen LogP contribution in [0.1, 0.15) is 31.5 Å². The Morgan fingerprint density at radius 2 is 2.39 bits per heavy atom. The second-order valence-corrected chi connectivity index (χ2v) is 6.69. The molecule has 1 aliphatic rings. The molecule has 4 nitrogen and oxygen atoms in total. The Morgan fingerprint density at radius 1 is 1.61 bits per heavy atom. The average molecular weight is 333 g/mol. The van der Waals surface area contributed by atoms with E-state index in [9.17, 15) is 4.79 Å². The molecule has 18 heavy (non-hydrogen) atoms. The van der Waals surface area contributed by atoms with Gasteiger partial charge in [0.15, 0.2) is 0 Å².